The van der Waals surface area contributed by atoms with Crippen molar-refractivity contribution >= 4 is 11.6 Å². The van der Waals surface area contributed by atoms with E-state index < -0.39 is 35.8 Å². The minimum atomic E-state index is -5.02. The molecule has 0 fully saturated rings. The summed E-state index contributed by atoms with van der Waals surface area (Å²) in [6, 6.07) is 2.16. The highest BCUT2D eigenvalue weighted by Gasteiger charge is 2.53. The molecule has 0 saturated carbocycles. The molecule has 1 unspecified atom stereocenters. The van der Waals surface area contributed by atoms with Gasteiger partial charge in [0.2, 0.25) is 0 Å². The number of benzene rings is 1. The number of hydrogen-bond donors (Lipinski definition) is 2. The quantitative estimate of drug-likeness (QED) is 0.839. The SMILES string of the molecule is CC(N)(C(=O)Nc1ccc(OC(F)F)c(F)c1)C(F)(F)F. The molecule has 0 aliphatic rings. The Morgan fingerprint density at radius 2 is 1.90 bits per heavy atom. The van der Waals surface area contributed by atoms with E-state index in [4.69, 9.17) is 5.73 Å². The highest BCUT2D eigenvalue weighted by Crippen LogP contribution is 2.29. The van der Waals surface area contributed by atoms with Crippen LogP contribution in [0.15, 0.2) is 18.2 Å². The molecule has 1 rings (SSSR count). The zero-order valence-electron chi connectivity index (χ0n) is 10.5. The van der Waals surface area contributed by atoms with Crippen molar-refractivity contribution < 1.29 is 35.9 Å². The zero-order valence-corrected chi connectivity index (χ0v) is 10.5. The number of carbonyl (C=O) groups is 1. The normalized spacial score (nSPS) is 14.7. The van der Waals surface area contributed by atoms with Crippen molar-refractivity contribution in [2.75, 3.05) is 5.32 Å². The second-order valence-electron chi connectivity index (χ2n) is 4.18. The summed E-state index contributed by atoms with van der Waals surface area (Å²) in [6.07, 6.45) is -5.02. The van der Waals surface area contributed by atoms with Crippen LogP contribution in [-0.2, 0) is 4.79 Å². The van der Waals surface area contributed by atoms with Crippen molar-refractivity contribution in [3.63, 3.8) is 0 Å². The van der Waals surface area contributed by atoms with E-state index in [1.54, 1.807) is 5.32 Å². The molecule has 0 saturated heterocycles. The maximum Gasteiger partial charge on any atom is 0.415 e. The van der Waals surface area contributed by atoms with Crippen LogP contribution in [0, 0.1) is 5.82 Å². The maximum absolute atomic E-state index is 13.3. The topological polar surface area (TPSA) is 64.4 Å². The summed E-state index contributed by atoms with van der Waals surface area (Å²) < 4.78 is 78.5. The lowest BCUT2D eigenvalue weighted by molar-refractivity contribution is -0.184. The fraction of sp³-hybridized carbons (Fsp3) is 0.364. The van der Waals surface area contributed by atoms with Crippen LogP contribution in [0.3, 0.4) is 0 Å². The predicted molar refractivity (Wildman–Crippen MR) is 60.3 cm³/mol. The smallest absolute Gasteiger partial charge is 0.415 e. The molecule has 4 nitrogen and oxygen atoms in total. The standard InChI is InChI=1S/C11H10F6N2O2/c1-10(18,11(15,16)17)8(20)19-5-2-3-7(6(12)4-5)21-9(13)14/h2-4,9H,18H2,1H3,(H,19,20). The van der Waals surface area contributed by atoms with Gasteiger partial charge in [0.15, 0.2) is 17.1 Å². The summed E-state index contributed by atoms with van der Waals surface area (Å²) in [5, 5.41) is 1.74. The summed E-state index contributed by atoms with van der Waals surface area (Å²) in [6.45, 7) is -2.83. The second kappa shape index (κ2) is 5.80. The third-order valence-electron chi connectivity index (χ3n) is 2.47. The molecular formula is C11H10F6N2O2. The molecule has 1 aromatic rings. The van der Waals surface area contributed by atoms with Gasteiger partial charge in [-0.2, -0.15) is 22.0 Å². The molecule has 1 amide bonds. The summed E-state index contributed by atoms with van der Waals surface area (Å²) in [5.41, 5.74) is 1.28. The van der Waals surface area contributed by atoms with Crippen LogP contribution in [0.2, 0.25) is 0 Å². The van der Waals surface area contributed by atoms with E-state index in [-0.39, 0.29) is 5.69 Å². The lowest BCUT2D eigenvalue weighted by Crippen LogP contribution is -2.59. The molecule has 0 aromatic heterocycles. The average Bonchev–Trinajstić information content (AvgIpc) is 2.30. The lowest BCUT2D eigenvalue weighted by atomic mass is 10.0. The monoisotopic (exact) mass is 316 g/mol. The Bertz CT molecular complexity index is 530. The first-order valence-corrected chi connectivity index (χ1v) is 5.36. The van der Waals surface area contributed by atoms with Gasteiger partial charge in [0.05, 0.1) is 0 Å². The van der Waals surface area contributed by atoms with Crippen molar-refractivity contribution in [3.05, 3.63) is 24.0 Å². The zero-order chi connectivity index (χ0) is 16.4. The Morgan fingerprint density at radius 1 is 1.33 bits per heavy atom. The first kappa shape index (κ1) is 17.1. The number of alkyl halides is 5. The van der Waals surface area contributed by atoms with E-state index in [0.29, 0.717) is 13.0 Å². The van der Waals surface area contributed by atoms with E-state index in [1.165, 1.54) is 0 Å². The van der Waals surface area contributed by atoms with Crippen LogP contribution < -0.4 is 15.8 Å². The molecule has 10 heteroatoms. The van der Waals surface area contributed by atoms with Crippen molar-refractivity contribution in [3.8, 4) is 5.75 Å². The Labute approximate surface area is 114 Å². The van der Waals surface area contributed by atoms with Gasteiger partial charge < -0.3 is 15.8 Å². The van der Waals surface area contributed by atoms with E-state index in [1.807, 2.05) is 0 Å². The fourth-order valence-corrected chi connectivity index (χ4v) is 1.16. The van der Waals surface area contributed by atoms with Gasteiger partial charge in [-0.05, 0) is 19.1 Å². The summed E-state index contributed by atoms with van der Waals surface area (Å²) in [5.74, 6) is -3.72. The second-order valence-corrected chi connectivity index (χ2v) is 4.18. The van der Waals surface area contributed by atoms with Crippen LogP contribution in [0.4, 0.5) is 32.0 Å². The van der Waals surface area contributed by atoms with Crippen LogP contribution in [-0.4, -0.2) is 24.2 Å². The van der Waals surface area contributed by atoms with E-state index in [2.05, 4.69) is 4.74 Å². The fourth-order valence-electron chi connectivity index (χ4n) is 1.16. The Morgan fingerprint density at radius 3 is 2.33 bits per heavy atom. The Hall–Kier alpha value is -1.97. The lowest BCUT2D eigenvalue weighted by Gasteiger charge is -2.26. The summed E-state index contributed by atoms with van der Waals surface area (Å²) in [4.78, 5) is 11.4. The molecule has 21 heavy (non-hydrogen) atoms. The van der Waals surface area contributed by atoms with E-state index in [0.717, 1.165) is 12.1 Å². The average molecular weight is 316 g/mol. The third kappa shape index (κ3) is 4.00. The van der Waals surface area contributed by atoms with Crippen LogP contribution >= 0.6 is 0 Å². The molecule has 0 radical (unpaired) electrons. The summed E-state index contributed by atoms with van der Waals surface area (Å²) in [7, 11) is 0. The number of carbonyl (C=O) groups excluding carboxylic acids is 1. The first-order chi connectivity index (χ1) is 9.45. The molecule has 118 valence electrons. The van der Waals surface area contributed by atoms with E-state index >= 15 is 0 Å². The minimum absolute atomic E-state index is 0.389. The highest BCUT2D eigenvalue weighted by atomic mass is 19.4. The molecule has 3 N–H and O–H groups in total. The number of nitrogens with one attached hydrogen (secondary N) is 1. The van der Waals surface area contributed by atoms with Gasteiger partial charge in [-0.1, -0.05) is 0 Å². The van der Waals surface area contributed by atoms with Crippen LogP contribution in [0.1, 0.15) is 6.92 Å². The molecule has 0 aliphatic heterocycles. The number of amides is 1. The van der Waals surface area contributed by atoms with Crippen molar-refractivity contribution in [1.29, 1.82) is 0 Å². The number of hydrogen-bond acceptors (Lipinski definition) is 3. The molecule has 1 aromatic carbocycles. The van der Waals surface area contributed by atoms with Gasteiger partial charge >= 0.3 is 12.8 Å². The van der Waals surface area contributed by atoms with Crippen LogP contribution in [0.25, 0.3) is 0 Å². The van der Waals surface area contributed by atoms with Gasteiger partial charge in [0.25, 0.3) is 5.91 Å². The van der Waals surface area contributed by atoms with Crippen molar-refractivity contribution in [2.24, 2.45) is 5.73 Å². The molecule has 0 spiro atoms. The number of halogens is 6. The summed E-state index contributed by atoms with van der Waals surface area (Å²) >= 11 is 0. The molecule has 0 aliphatic carbocycles. The first-order valence-electron chi connectivity index (χ1n) is 5.36. The molecular weight excluding hydrogens is 306 g/mol. The van der Waals surface area contributed by atoms with Crippen molar-refractivity contribution in [2.45, 2.75) is 25.3 Å². The number of rotatable bonds is 4. The molecule has 0 heterocycles. The molecule has 0 bridgehead atoms. The van der Waals surface area contributed by atoms with Gasteiger partial charge in [-0.3, -0.25) is 4.79 Å². The highest BCUT2D eigenvalue weighted by molar-refractivity contribution is 5.98. The number of nitrogens with two attached hydrogens (primary N) is 1. The maximum atomic E-state index is 13.3. The number of anilines is 1. The van der Waals surface area contributed by atoms with Crippen molar-refractivity contribution in [1.82, 2.24) is 0 Å². The minimum Gasteiger partial charge on any atom is -0.432 e. The van der Waals surface area contributed by atoms with Gasteiger partial charge in [0.1, 0.15) is 0 Å². The molecule has 1 atom stereocenters. The van der Waals surface area contributed by atoms with Gasteiger partial charge in [-0.15, -0.1) is 0 Å². The Kier molecular flexibility index (Phi) is 4.72. The third-order valence-corrected chi connectivity index (χ3v) is 2.47. The Balaban J connectivity index is 2.90. The predicted octanol–water partition coefficient (Wildman–Crippen LogP) is 2.65. The van der Waals surface area contributed by atoms with Crippen LogP contribution in [0.5, 0.6) is 5.75 Å². The number of ether oxygens (including phenoxy) is 1. The van der Waals surface area contributed by atoms with E-state index in [9.17, 15) is 31.1 Å². The van der Waals surface area contributed by atoms with Gasteiger partial charge in [0, 0.05) is 11.8 Å². The largest absolute Gasteiger partial charge is 0.432 e. The van der Waals surface area contributed by atoms with Gasteiger partial charge in [-0.25, -0.2) is 4.39 Å².